The number of phenols is 1. The SMILES string of the molecule is O=C(c1ccc(O)cc1OC[C@H](O)CN1CCC2(CC1)OCc1cc(Cl)ccc12)N1CCCCC1CO. The van der Waals surface area contributed by atoms with Gasteiger partial charge in [-0.25, -0.2) is 0 Å². The van der Waals surface area contributed by atoms with E-state index in [1.165, 1.54) is 17.7 Å². The molecule has 37 heavy (non-hydrogen) atoms. The second kappa shape index (κ2) is 11.2. The zero-order valence-corrected chi connectivity index (χ0v) is 21.7. The minimum atomic E-state index is -0.768. The lowest BCUT2D eigenvalue weighted by atomic mass is 9.84. The molecule has 3 heterocycles. The van der Waals surface area contributed by atoms with Gasteiger partial charge in [-0.2, -0.15) is 0 Å². The van der Waals surface area contributed by atoms with Crippen LogP contribution in [0.2, 0.25) is 5.02 Å². The van der Waals surface area contributed by atoms with Gasteiger partial charge in [-0.05, 0) is 67.5 Å². The van der Waals surface area contributed by atoms with Gasteiger partial charge in [0.2, 0.25) is 0 Å². The van der Waals surface area contributed by atoms with Crippen LogP contribution in [0.4, 0.5) is 0 Å². The molecule has 0 aromatic heterocycles. The van der Waals surface area contributed by atoms with Gasteiger partial charge in [0, 0.05) is 37.3 Å². The first-order valence-electron chi connectivity index (χ1n) is 13.1. The van der Waals surface area contributed by atoms with Crippen LogP contribution in [0.25, 0.3) is 0 Å². The number of fused-ring (bicyclic) bond motifs is 2. The Kier molecular flexibility index (Phi) is 7.93. The minimum absolute atomic E-state index is 0.00730. The molecular formula is C28H35ClN2O6. The van der Waals surface area contributed by atoms with Crippen molar-refractivity contribution in [2.75, 3.05) is 39.4 Å². The Hall–Kier alpha value is -2.36. The average Bonchev–Trinajstić information content (AvgIpc) is 3.25. The molecule has 2 saturated heterocycles. The van der Waals surface area contributed by atoms with Gasteiger partial charge in [0.15, 0.2) is 0 Å². The van der Waals surface area contributed by atoms with Gasteiger partial charge in [-0.3, -0.25) is 4.79 Å². The van der Waals surface area contributed by atoms with Crippen molar-refractivity contribution < 1.29 is 29.6 Å². The van der Waals surface area contributed by atoms with Crippen LogP contribution < -0.4 is 4.74 Å². The fraction of sp³-hybridized carbons (Fsp3) is 0.536. The van der Waals surface area contributed by atoms with E-state index in [0.29, 0.717) is 25.3 Å². The molecule has 3 N–H and O–H groups in total. The van der Waals surface area contributed by atoms with Gasteiger partial charge >= 0.3 is 0 Å². The standard InChI is InChI=1S/C28H35ClN2O6/c29-20-4-7-25-19(13-20)17-37-28(25)8-11-30(12-9-28)15-23(34)18-36-26-14-22(33)5-6-24(26)27(35)31-10-2-1-3-21(31)16-32/h4-7,13-14,21,23,32-34H,1-3,8-12,15-18H2/t21?,23-/m1/s1. The average molecular weight is 531 g/mol. The number of nitrogens with zero attached hydrogens (tertiary/aromatic N) is 2. The summed E-state index contributed by atoms with van der Waals surface area (Å²) in [6, 6.07) is 10.2. The van der Waals surface area contributed by atoms with E-state index in [0.717, 1.165) is 55.8 Å². The van der Waals surface area contributed by atoms with Gasteiger partial charge in [0.1, 0.15) is 24.2 Å². The Morgan fingerprint density at radius 3 is 2.76 bits per heavy atom. The number of benzene rings is 2. The van der Waals surface area contributed by atoms with E-state index < -0.39 is 6.10 Å². The molecule has 0 bridgehead atoms. The molecule has 5 rings (SSSR count). The molecule has 3 aliphatic rings. The normalized spacial score (nSPS) is 22.1. The van der Waals surface area contributed by atoms with E-state index >= 15 is 0 Å². The molecule has 3 aliphatic heterocycles. The lowest BCUT2D eigenvalue weighted by Gasteiger charge is -2.39. The Morgan fingerprint density at radius 2 is 1.97 bits per heavy atom. The highest BCUT2D eigenvalue weighted by molar-refractivity contribution is 6.30. The van der Waals surface area contributed by atoms with Crippen molar-refractivity contribution in [1.29, 1.82) is 0 Å². The van der Waals surface area contributed by atoms with Gasteiger partial charge in [-0.15, -0.1) is 0 Å². The number of amides is 1. The fourth-order valence-corrected chi connectivity index (χ4v) is 6.08. The monoisotopic (exact) mass is 530 g/mol. The number of hydrogen-bond acceptors (Lipinski definition) is 7. The molecule has 8 nitrogen and oxygen atoms in total. The third-order valence-corrected chi connectivity index (χ3v) is 8.16. The molecule has 0 radical (unpaired) electrons. The van der Waals surface area contributed by atoms with Crippen LogP contribution in [0.3, 0.4) is 0 Å². The number of halogens is 1. The summed E-state index contributed by atoms with van der Waals surface area (Å²) in [7, 11) is 0. The maximum atomic E-state index is 13.3. The molecule has 2 atom stereocenters. The number of phenolic OH excluding ortho intramolecular Hbond substituents is 1. The predicted molar refractivity (Wildman–Crippen MR) is 139 cm³/mol. The van der Waals surface area contributed by atoms with E-state index in [9.17, 15) is 20.1 Å². The van der Waals surface area contributed by atoms with Gasteiger partial charge in [0.05, 0.1) is 30.4 Å². The summed E-state index contributed by atoms with van der Waals surface area (Å²) in [4.78, 5) is 17.1. The first-order chi connectivity index (χ1) is 17.9. The highest BCUT2D eigenvalue weighted by Gasteiger charge is 2.42. The van der Waals surface area contributed by atoms with Crippen molar-refractivity contribution in [3.8, 4) is 11.5 Å². The van der Waals surface area contributed by atoms with Gasteiger partial charge in [-0.1, -0.05) is 17.7 Å². The first-order valence-corrected chi connectivity index (χ1v) is 13.5. The van der Waals surface area contributed by atoms with Crippen LogP contribution in [-0.4, -0.2) is 82.6 Å². The number of carbonyl (C=O) groups is 1. The van der Waals surface area contributed by atoms with Crippen LogP contribution in [-0.2, 0) is 16.9 Å². The Bertz CT molecular complexity index is 1120. The highest BCUT2D eigenvalue weighted by atomic mass is 35.5. The maximum Gasteiger partial charge on any atom is 0.257 e. The molecule has 1 spiro atoms. The van der Waals surface area contributed by atoms with E-state index in [4.69, 9.17) is 21.1 Å². The van der Waals surface area contributed by atoms with Crippen molar-refractivity contribution in [2.45, 2.75) is 56.5 Å². The second-order valence-corrected chi connectivity index (χ2v) is 10.8. The molecule has 0 aliphatic carbocycles. The number of piperidine rings is 2. The van der Waals surface area contributed by atoms with Crippen molar-refractivity contribution >= 4 is 17.5 Å². The molecule has 2 aromatic rings. The predicted octanol–water partition coefficient (Wildman–Crippen LogP) is 3.29. The topological polar surface area (TPSA) is 103 Å². The lowest BCUT2D eigenvalue weighted by molar-refractivity contribution is -0.0835. The van der Waals surface area contributed by atoms with Gasteiger partial charge < -0.3 is 34.6 Å². The molecule has 2 fully saturated rings. The summed E-state index contributed by atoms with van der Waals surface area (Å²) in [5, 5.41) is 31.2. The van der Waals surface area contributed by atoms with E-state index in [-0.39, 0.29) is 42.3 Å². The van der Waals surface area contributed by atoms with Gasteiger partial charge in [0.25, 0.3) is 5.91 Å². The number of β-amino-alcohol motifs (C(OH)–C–C–N with tert-alkyl or cyclic N) is 1. The number of carbonyl (C=O) groups excluding carboxylic acids is 1. The zero-order valence-electron chi connectivity index (χ0n) is 20.9. The molecule has 2 aromatic carbocycles. The maximum absolute atomic E-state index is 13.3. The molecule has 1 unspecified atom stereocenters. The molecule has 200 valence electrons. The Labute approximate surface area is 222 Å². The van der Waals surface area contributed by atoms with Crippen LogP contribution in [0, 0.1) is 0 Å². The summed E-state index contributed by atoms with van der Waals surface area (Å²) in [6.07, 6.45) is 3.53. The molecule has 9 heteroatoms. The Morgan fingerprint density at radius 1 is 1.16 bits per heavy atom. The third kappa shape index (κ3) is 5.59. The highest BCUT2D eigenvalue weighted by Crippen LogP contribution is 2.44. The number of likely N-dealkylation sites (tertiary alicyclic amines) is 2. The third-order valence-electron chi connectivity index (χ3n) is 7.92. The number of aliphatic hydroxyl groups is 2. The van der Waals surface area contributed by atoms with Crippen molar-refractivity contribution in [3.05, 3.63) is 58.1 Å². The largest absolute Gasteiger partial charge is 0.508 e. The van der Waals surface area contributed by atoms with E-state index in [1.807, 2.05) is 12.1 Å². The number of hydrogen-bond donors (Lipinski definition) is 3. The smallest absolute Gasteiger partial charge is 0.257 e. The van der Waals surface area contributed by atoms with Crippen LogP contribution in [0.5, 0.6) is 11.5 Å². The summed E-state index contributed by atoms with van der Waals surface area (Å²) in [5.41, 5.74) is 2.41. The van der Waals surface area contributed by atoms with Crippen LogP contribution >= 0.6 is 11.6 Å². The van der Waals surface area contributed by atoms with E-state index in [2.05, 4.69) is 11.0 Å². The quantitative estimate of drug-likeness (QED) is 0.505. The first kappa shape index (κ1) is 26.3. The van der Waals surface area contributed by atoms with Crippen molar-refractivity contribution in [3.63, 3.8) is 0 Å². The fourth-order valence-electron chi connectivity index (χ4n) is 5.89. The Balaban J connectivity index is 1.17. The minimum Gasteiger partial charge on any atom is -0.508 e. The summed E-state index contributed by atoms with van der Waals surface area (Å²) < 4.78 is 12.1. The summed E-state index contributed by atoms with van der Waals surface area (Å²) in [5.74, 6) is -0.0147. The van der Waals surface area contributed by atoms with Crippen LogP contribution in [0.15, 0.2) is 36.4 Å². The molecule has 0 saturated carbocycles. The van der Waals surface area contributed by atoms with Crippen LogP contribution in [0.1, 0.15) is 53.6 Å². The summed E-state index contributed by atoms with van der Waals surface area (Å²) in [6.45, 7) is 3.06. The lowest BCUT2D eigenvalue weighted by Crippen LogP contribution is -2.46. The number of rotatable bonds is 7. The summed E-state index contributed by atoms with van der Waals surface area (Å²) >= 11 is 6.14. The van der Waals surface area contributed by atoms with E-state index in [1.54, 1.807) is 11.0 Å². The number of ether oxygens (including phenoxy) is 2. The number of aliphatic hydroxyl groups excluding tert-OH is 2. The molecular weight excluding hydrogens is 496 g/mol. The number of aromatic hydroxyl groups is 1. The molecule has 1 amide bonds. The van der Waals surface area contributed by atoms with Crippen molar-refractivity contribution in [2.24, 2.45) is 0 Å². The van der Waals surface area contributed by atoms with Crippen molar-refractivity contribution in [1.82, 2.24) is 9.80 Å². The zero-order chi connectivity index (χ0) is 26.0. The second-order valence-electron chi connectivity index (χ2n) is 10.4.